The molecule has 49 heavy (non-hydrogen) atoms. The molecule has 1 N–H and O–H groups in total. The van der Waals surface area contributed by atoms with Crippen LogP contribution in [-0.2, 0) is 23.6 Å². The third-order valence-corrected chi connectivity index (χ3v) is 9.21. The van der Waals surface area contributed by atoms with E-state index in [0.717, 1.165) is 28.9 Å². The van der Waals surface area contributed by atoms with Crippen LogP contribution in [0.15, 0.2) is 54.6 Å². The predicted molar refractivity (Wildman–Crippen MR) is 167 cm³/mol. The van der Waals surface area contributed by atoms with Gasteiger partial charge in [-0.05, 0) is 80.1 Å². The molecule has 0 unspecified atom stereocenters. The van der Waals surface area contributed by atoms with E-state index in [0.29, 0.717) is 50.8 Å². The van der Waals surface area contributed by atoms with Crippen molar-refractivity contribution in [2.75, 3.05) is 44.6 Å². The number of rotatable bonds is 7. The molecular weight excluding hydrogens is 660 g/mol. The zero-order chi connectivity index (χ0) is 35.7. The minimum absolute atomic E-state index is 0.00194. The normalized spacial score (nSPS) is 19.6. The Kier molecular flexibility index (Phi) is 10.7. The van der Waals surface area contributed by atoms with Gasteiger partial charge in [0, 0.05) is 62.1 Å². The number of aryl methyl sites for hydroxylation is 2. The number of carbonyl (C=O) groups excluding carboxylic acids is 2. The fraction of sp³-hybridized carbons (Fsp3) is 0.429. The van der Waals surface area contributed by atoms with Gasteiger partial charge in [-0.15, -0.1) is 0 Å². The van der Waals surface area contributed by atoms with Crippen LogP contribution in [-0.4, -0.2) is 77.9 Å². The molecule has 2 fully saturated rings. The van der Waals surface area contributed by atoms with Crippen molar-refractivity contribution in [1.82, 2.24) is 14.7 Å². The lowest BCUT2D eigenvalue weighted by Gasteiger charge is -2.46. The molecule has 0 spiro atoms. The highest BCUT2D eigenvalue weighted by atomic mass is 19.4. The van der Waals surface area contributed by atoms with Crippen molar-refractivity contribution >= 4 is 17.5 Å². The summed E-state index contributed by atoms with van der Waals surface area (Å²) in [6.07, 6.45) is -9.70. The maximum absolute atomic E-state index is 14.1. The maximum atomic E-state index is 14.1. The number of alkyl halides is 6. The standard InChI is InChI=1S/C35H36F8N4O2/c1-21-4-3-5-22(2)32(21)44-31(48)20-45-8-10-46(11-9-45)29-6-7-47(30(19-29)14-23-12-27(36)18-28(37)13-23)33(49)24-15-25(34(38,39)40)17-26(16-24)35(41,42)43/h3-5,12-13,15-18,29-30H,6-11,14,19-20H2,1-2H3,(H,44,48)/t29-,30-/m1/s1. The first-order chi connectivity index (χ1) is 23.0. The van der Waals surface area contributed by atoms with E-state index in [1.54, 1.807) is 0 Å². The first kappa shape index (κ1) is 36.2. The Hall–Kier alpha value is -4.04. The van der Waals surface area contributed by atoms with Gasteiger partial charge in [0.1, 0.15) is 11.6 Å². The molecule has 0 bridgehead atoms. The second-order valence-electron chi connectivity index (χ2n) is 12.7. The Morgan fingerprint density at radius 2 is 1.37 bits per heavy atom. The van der Waals surface area contributed by atoms with Gasteiger partial charge in [0.15, 0.2) is 0 Å². The summed E-state index contributed by atoms with van der Waals surface area (Å²) < 4.78 is 110. The molecule has 2 saturated heterocycles. The van der Waals surface area contributed by atoms with E-state index in [-0.39, 0.29) is 49.5 Å². The van der Waals surface area contributed by atoms with Gasteiger partial charge in [0.05, 0.1) is 17.7 Å². The molecule has 0 saturated carbocycles. The zero-order valence-corrected chi connectivity index (χ0v) is 26.9. The number of hydrogen-bond donors (Lipinski definition) is 1. The summed E-state index contributed by atoms with van der Waals surface area (Å²) >= 11 is 0. The smallest absolute Gasteiger partial charge is 0.335 e. The highest BCUT2D eigenvalue weighted by Crippen LogP contribution is 2.37. The van der Waals surface area contributed by atoms with Crippen LogP contribution in [0.5, 0.6) is 0 Å². The van der Waals surface area contributed by atoms with Crippen molar-refractivity contribution in [2.45, 2.75) is 57.5 Å². The molecule has 3 aromatic rings. The molecule has 264 valence electrons. The number of anilines is 1. The molecule has 2 aliphatic rings. The number of likely N-dealkylation sites (tertiary alicyclic amines) is 1. The van der Waals surface area contributed by atoms with Gasteiger partial charge >= 0.3 is 12.4 Å². The average molecular weight is 697 g/mol. The summed E-state index contributed by atoms with van der Waals surface area (Å²) in [5.74, 6) is -2.89. The largest absolute Gasteiger partial charge is 0.416 e. The van der Waals surface area contributed by atoms with Crippen LogP contribution in [0.25, 0.3) is 0 Å². The number of nitrogens with one attached hydrogen (secondary N) is 1. The summed E-state index contributed by atoms with van der Waals surface area (Å²) in [5.41, 5.74) is -1.12. The highest BCUT2D eigenvalue weighted by molar-refractivity contribution is 5.95. The lowest BCUT2D eigenvalue weighted by Crippen LogP contribution is -2.57. The minimum atomic E-state index is -5.13. The van der Waals surface area contributed by atoms with E-state index in [2.05, 4.69) is 10.2 Å². The first-order valence-corrected chi connectivity index (χ1v) is 15.9. The van der Waals surface area contributed by atoms with E-state index >= 15 is 0 Å². The number of carbonyl (C=O) groups is 2. The number of nitrogens with zero attached hydrogens (tertiary/aromatic N) is 3. The van der Waals surface area contributed by atoms with E-state index in [4.69, 9.17) is 0 Å². The van der Waals surface area contributed by atoms with Crippen LogP contribution in [0, 0.1) is 25.5 Å². The summed E-state index contributed by atoms with van der Waals surface area (Å²) in [6.45, 7) is 6.27. The second-order valence-corrected chi connectivity index (χ2v) is 12.7. The molecule has 0 aromatic heterocycles. The summed E-state index contributed by atoms with van der Waals surface area (Å²) in [6, 6.07) is 8.44. The number of halogens is 8. The first-order valence-electron chi connectivity index (χ1n) is 15.9. The quantitative estimate of drug-likeness (QED) is 0.268. The van der Waals surface area contributed by atoms with E-state index < -0.39 is 52.6 Å². The fourth-order valence-corrected chi connectivity index (χ4v) is 6.75. The third-order valence-electron chi connectivity index (χ3n) is 9.21. The molecule has 0 radical (unpaired) electrons. The molecule has 2 amide bonds. The van der Waals surface area contributed by atoms with Gasteiger partial charge in [-0.2, -0.15) is 26.3 Å². The Bertz CT molecular complexity index is 1610. The Labute approximate surface area is 278 Å². The van der Waals surface area contributed by atoms with Crippen molar-refractivity contribution in [1.29, 1.82) is 0 Å². The van der Waals surface area contributed by atoms with E-state index in [1.807, 2.05) is 36.9 Å². The number of hydrogen-bond acceptors (Lipinski definition) is 4. The third kappa shape index (κ3) is 8.96. The molecule has 2 aliphatic heterocycles. The minimum Gasteiger partial charge on any atom is -0.335 e. The molecular formula is C35H36F8N4O2. The van der Waals surface area contributed by atoms with E-state index in [9.17, 15) is 44.7 Å². The lowest BCUT2D eigenvalue weighted by atomic mass is 9.90. The monoisotopic (exact) mass is 696 g/mol. The number of benzene rings is 3. The van der Waals surface area contributed by atoms with Gasteiger partial charge in [-0.1, -0.05) is 18.2 Å². The SMILES string of the molecule is Cc1cccc(C)c1NC(=O)CN1CCN([C@@H]2CCN(C(=O)c3cc(C(F)(F)F)cc(C(F)(F)F)c3)[C@H](Cc3cc(F)cc(F)c3)C2)CC1. The zero-order valence-electron chi connectivity index (χ0n) is 26.9. The molecule has 2 heterocycles. The Morgan fingerprint density at radius 1 is 0.796 bits per heavy atom. The van der Waals surface area contributed by atoms with Crippen molar-refractivity contribution in [3.63, 3.8) is 0 Å². The predicted octanol–water partition coefficient (Wildman–Crippen LogP) is 7.09. The number of piperazine rings is 1. The summed E-state index contributed by atoms with van der Waals surface area (Å²) in [7, 11) is 0. The van der Waals surface area contributed by atoms with Crippen LogP contribution in [0.3, 0.4) is 0 Å². The van der Waals surface area contributed by atoms with Gasteiger partial charge < -0.3 is 10.2 Å². The summed E-state index contributed by atoms with van der Waals surface area (Å²) in [5, 5.41) is 2.98. The molecule has 5 rings (SSSR count). The Morgan fingerprint density at radius 3 is 1.92 bits per heavy atom. The van der Waals surface area contributed by atoms with Crippen LogP contribution in [0.4, 0.5) is 40.8 Å². The van der Waals surface area contributed by atoms with E-state index in [1.165, 1.54) is 4.90 Å². The van der Waals surface area contributed by atoms with Crippen LogP contribution in [0.2, 0.25) is 0 Å². The topological polar surface area (TPSA) is 55.9 Å². The van der Waals surface area contributed by atoms with Crippen molar-refractivity contribution in [3.8, 4) is 0 Å². The second kappa shape index (κ2) is 14.4. The van der Waals surface area contributed by atoms with Gasteiger partial charge in [0.2, 0.25) is 5.91 Å². The average Bonchev–Trinajstić information content (AvgIpc) is 3.01. The van der Waals surface area contributed by atoms with Gasteiger partial charge in [-0.25, -0.2) is 8.78 Å². The van der Waals surface area contributed by atoms with Crippen molar-refractivity contribution in [2.24, 2.45) is 0 Å². The molecule has 2 atom stereocenters. The fourth-order valence-electron chi connectivity index (χ4n) is 6.75. The van der Waals surface area contributed by atoms with Crippen LogP contribution in [0.1, 0.15) is 51.0 Å². The molecule has 0 aliphatic carbocycles. The molecule has 14 heteroatoms. The summed E-state index contributed by atoms with van der Waals surface area (Å²) in [4.78, 5) is 31.9. The van der Waals surface area contributed by atoms with Crippen LogP contribution < -0.4 is 5.32 Å². The Balaban J connectivity index is 1.31. The number of amides is 2. The maximum Gasteiger partial charge on any atom is 0.416 e. The van der Waals surface area contributed by atoms with Crippen LogP contribution >= 0.6 is 0 Å². The van der Waals surface area contributed by atoms with Gasteiger partial charge in [-0.3, -0.25) is 19.4 Å². The number of para-hydroxylation sites is 1. The van der Waals surface area contributed by atoms with Crippen molar-refractivity contribution < 1.29 is 44.7 Å². The molecule has 3 aromatic carbocycles. The number of piperidine rings is 1. The van der Waals surface area contributed by atoms with Crippen molar-refractivity contribution in [3.05, 3.63) is 99.6 Å². The molecule has 6 nitrogen and oxygen atoms in total. The van der Waals surface area contributed by atoms with Gasteiger partial charge in [0.25, 0.3) is 5.91 Å². The lowest BCUT2D eigenvalue weighted by molar-refractivity contribution is -0.143. The highest BCUT2D eigenvalue weighted by Gasteiger charge is 2.40.